The minimum atomic E-state index is -1.31. The molecule has 1 atom stereocenters. The van der Waals surface area contributed by atoms with Crippen LogP contribution in [0.1, 0.15) is 68.7 Å². The maximum atomic E-state index is 14.5. The van der Waals surface area contributed by atoms with E-state index >= 15 is 0 Å². The molecule has 0 spiro atoms. The van der Waals surface area contributed by atoms with E-state index in [0.29, 0.717) is 19.6 Å². The molecule has 0 radical (unpaired) electrons. The molecule has 0 aliphatic carbocycles. The third-order valence-corrected chi connectivity index (χ3v) is 5.92. The Morgan fingerprint density at radius 1 is 1.15 bits per heavy atom. The molecule has 0 fully saturated rings. The number of ether oxygens (including phenoxy) is 1. The third kappa shape index (κ3) is 7.44. The summed E-state index contributed by atoms with van der Waals surface area (Å²) in [7, 11) is 0. The van der Waals surface area contributed by atoms with E-state index in [4.69, 9.17) is 9.94 Å². The fraction of sp³-hybridized carbons (Fsp3) is 0.500. The molecule has 0 saturated carbocycles. The number of halogens is 1. The van der Waals surface area contributed by atoms with E-state index in [0.717, 1.165) is 61.1 Å². The number of rotatable bonds is 11. The fourth-order valence-electron chi connectivity index (χ4n) is 4.44. The van der Waals surface area contributed by atoms with E-state index in [2.05, 4.69) is 4.90 Å². The SMILES string of the molecule is CC(C)(F)CN1CCc2cc(O)ccc2C1c1ccc(OCCCCCCC(=O)NO)cc1. The van der Waals surface area contributed by atoms with Gasteiger partial charge in [0, 0.05) is 19.5 Å². The van der Waals surface area contributed by atoms with Gasteiger partial charge in [-0.05, 0) is 74.1 Å². The van der Waals surface area contributed by atoms with Crippen molar-refractivity contribution in [2.45, 2.75) is 64.1 Å². The van der Waals surface area contributed by atoms with Gasteiger partial charge in [-0.1, -0.05) is 31.0 Å². The Hall–Kier alpha value is -2.64. The van der Waals surface area contributed by atoms with Crippen molar-refractivity contribution in [2.24, 2.45) is 0 Å². The van der Waals surface area contributed by atoms with E-state index in [1.807, 2.05) is 36.4 Å². The molecule has 1 unspecified atom stereocenters. The highest BCUT2D eigenvalue weighted by atomic mass is 19.1. The van der Waals surface area contributed by atoms with Gasteiger partial charge in [-0.3, -0.25) is 14.9 Å². The van der Waals surface area contributed by atoms with Crippen molar-refractivity contribution in [3.05, 3.63) is 59.2 Å². The number of phenolic OH excluding ortho intramolecular Hbond substituents is 1. The van der Waals surface area contributed by atoms with Crippen LogP contribution in [0.3, 0.4) is 0 Å². The van der Waals surface area contributed by atoms with Crippen LogP contribution in [0.5, 0.6) is 11.5 Å². The van der Waals surface area contributed by atoms with Gasteiger partial charge in [0.2, 0.25) is 5.91 Å². The number of unbranched alkanes of at least 4 members (excludes halogenated alkanes) is 3. The summed E-state index contributed by atoms with van der Waals surface area (Å²) in [4.78, 5) is 13.2. The number of benzene rings is 2. The van der Waals surface area contributed by atoms with Crippen LogP contribution < -0.4 is 10.2 Å². The molecule has 1 aliphatic rings. The molecule has 2 aromatic carbocycles. The van der Waals surface area contributed by atoms with E-state index in [9.17, 15) is 14.3 Å². The molecule has 0 saturated heterocycles. The van der Waals surface area contributed by atoms with Crippen LogP contribution in [0.4, 0.5) is 4.39 Å². The Balaban J connectivity index is 1.61. The molecular formula is C26H35FN2O4. The van der Waals surface area contributed by atoms with Crippen LogP contribution in [-0.2, 0) is 11.2 Å². The zero-order valence-corrected chi connectivity index (χ0v) is 19.5. The second-order valence-corrected chi connectivity index (χ2v) is 9.34. The summed E-state index contributed by atoms with van der Waals surface area (Å²) in [5, 5.41) is 18.4. The number of hydrogen-bond acceptors (Lipinski definition) is 5. The summed E-state index contributed by atoms with van der Waals surface area (Å²) in [5.41, 5.74) is 3.61. The van der Waals surface area contributed by atoms with E-state index < -0.39 is 5.67 Å². The topological polar surface area (TPSA) is 82.0 Å². The van der Waals surface area contributed by atoms with Gasteiger partial charge in [0.05, 0.1) is 12.6 Å². The van der Waals surface area contributed by atoms with Crippen molar-refractivity contribution in [1.29, 1.82) is 0 Å². The lowest BCUT2D eigenvalue weighted by atomic mass is 9.87. The molecule has 2 aromatic rings. The van der Waals surface area contributed by atoms with E-state index in [-0.39, 0.29) is 17.7 Å². The fourth-order valence-corrected chi connectivity index (χ4v) is 4.44. The zero-order valence-electron chi connectivity index (χ0n) is 19.5. The lowest BCUT2D eigenvalue weighted by molar-refractivity contribution is -0.129. The number of carbonyl (C=O) groups excluding carboxylic acids is 1. The molecule has 1 heterocycles. The Bertz CT molecular complexity index is 911. The number of alkyl halides is 1. The molecule has 0 aromatic heterocycles. The number of amides is 1. The number of nitrogens with one attached hydrogen (secondary N) is 1. The minimum absolute atomic E-state index is 0.0745. The monoisotopic (exact) mass is 458 g/mol. The standard InChI is InChI=1S/C26H35FN2O4/c1-26(2,27)18-29-15-14-20-17-21(30)10-13-23(20)25(29)19-8-11-22(12-9-19)33-16-6-4-3-5-7-24(31)28-32/h8-13,17,25,30,32H,3-7,14-16,18H2,1-2H3,(H,28,31). The normalized spacial score (nSPS) is 16.3. The molecule has 180 valence electrons. The van der Waals surface area contributed by atoms with Gasteiger partial charge in [0.1, 0.15) is 17.2 Å². The summed E-state index contributed by atoms with van der Waals surface area (Å²) in [6, 6.07) is 13.4. The minimum Gasteiger partial charge on any atom is -0.508 e. The van der Waals surface area contributed by atoms with Crippen molar-refractivity contribution in [3.8, 4) is 11.5 Å². The van der Waals surface area contributed by atoms with Gasteiger partial charge in [-0.15, -0.1) is 0 Å². The average molecular weight is 459 g/mol. The lowest BCUT2D eigenvalue weighted by Gasteiger charge is -2.40. The van der Waals surface area contributed by atoms with Crippen molar-refractivity contribution >= 4 is 5.91 Å². The number of aromatic hydroxyl groups is 1. The number of hydrogen-bond donors (Lipinski definition) is 3. The number of hydroxylamine groups is 1. The maximum absolute atomic E-state index is 14.5. The number of carbonyl (C=O) groups is 1. The van der Waals surface area contributed by atoms with Crippen LogP contribution in [0.25, 0.3) is 0 Å². The second-order valence-electron chi connectivity index (χ2n) is 9.34. The third-order valence-electron chi connectivity index (χ3n) is 5.92. The number of phenols is 1. The number of nitrogens with zero attached hydrogens (tertiary/aromatic N) is 1. The molecule has 6 nitrogen and oxygen atoms in total. The van der Waals surface area contributed by atoms with Crippen LogP contribution >= 0.6 is 0 Å². The van der Waals surface area contributed by atoms with Crippen molar-refractivity contribution in [3.63, 3.8) is 0 Å². The van der Waals surface area contributed by atoms with Gasteiger partial charge in [-0.25, -0.2) is 9.87 Å². The Kier molecular flexibility index (Phi) is 8.69. The largest absolute Gasteiger partial charge is 0.508 e. The van der Waals surface area contributed by atoms with E-state index in [1.54, 1.807) is 25.4 Å². The molecule has 1 aliphatic heterocycles. The Morgan fingerprint density at radius 3 is 2.58 bits per heavy atom. The Morgan fingerprint density at radius 2 is 1.88 bits per heavy atom. The molecule has 7 heteroatoms. The molecule has 3 rings (SSSR count). The first kappa shape index (κ1) is 25.0. The highest BCUT2D eigenvalue weighted by molar-refractivity contribution is 5.74. The summed E-state index contributed by atoms with van der Waals surface area (Å²) < 4.78 is 20.4. The smallest absolute Gasteiger partial charge is 0.243 e. The van der Waals surface area contributed by atoms with Crippen LogP contribution in [-0.4, -0.2) is 46.5 Å². The summed E-state index contributed by atoms with van der Waals surface area (Å²) in [6.07, 6.45) is 4.61. The van der Waals surface area contributed by atoms with Gasteiger partial charge in [0.15, 0.2) is 0 Å². The summed E-state index contributed by atoms with van der Waals surface area (Å²) in [5.74, 6) is 0.696. The summed E-state index contributed by atoms with van der Waals surface area (Å²) in [6.45, 7) is 4.87. The molecule has 3 N–H and O–H groups in total. The van der Waals surface area contributed by atoms with Gasteiger partial charge in [-0.2, -0.15) is 0 Å². The predicted octanol–water partition coefficient (Wildman–Crippen LogP) is 4.92. The van der Waals surface area contributed by atoms with Gasteiger partial charge < -0.3 is 9.84 Å². The van der Waals surface area contributed by atoms with Crippen molar-refractivity contribution in [1.82, 2.24) is 10.4 Å². The van der Waals surface area contributed by atoms with Crippen molar-refractivity contribution in [2.75, 3.05) is 19.7 Å². The highest BCUT2D eigenvalue weighted by Gasteiger charge is 2.32. The maximum Gasteiger partial charge on any atom is 0.243 e. The van der Waals surface area contributed by atoms with Gasteiger partial charge in [0.25, 0.3) is 0 Å². The first-order valence-electron chi connectivity index (χ1n) is 11.7. The van der Waals surface area contributed by atoms with Crippen LogP contribution in [0.15, 0.2) is 42.5 Å². The Labute approximate surface area is 195 Å². The van der Waals surface area contributed by atoms with Crippen molar-refractivity contribution < 1.29 is 24.2 Å². The van der Waals surface area contributed by atoms with E-state index in [1.165, 1.54) is 0 Å². The molecular weight excluding hydrogens is 423 g/mol. The van der Waals surface area contributed by atoms with Crippen LogP contribution in [0, 0.1) is 0 Å². The molecule has 0 bridgehead atoms. The van der Waals surface area contributed by atoms with Gasteiger partial charge >= 0.3 is 0 Å². The first-order valence-corrected chi connectivity index (χ1v) is 11.7. The highest BCUT2D eigenvalue weighted by Crippen LogP contribution is 2.38. The predicted molar refractivity (Wildman–Crippen MR) is 125 cm³/mol. The number of fused-ring (bicyclic) bond motifs is 1. The molecule has 1 amide bonds. The second kappa shape index (κ2) is 11.5. The average Bonchev–Trinajstić information content (AvgIpc) is 2.77. The molecule has 33 heavy (non-hydrogen) atoms. The lowest BCUT2D eigenvalue weighted by Crippen LogP contribution is -2.42. The first-order chi connectivity index (χ1) is 15.8. The quantitative estimate of drug-likeness (QED) is 0.253. The van der Waals surface area contributed by atoms with Crippen LogP contribution in [0.2, 0.25) is 0 Å². The zero-order chi connectivity index (χ0) is 23.8. The summed E-state index contributed by atoms with van der Waals surface area (Å²) >= 11 is 0.